The lowest BCUT2D eigenvalue weighted by Gasteiger charge is -2.35. The summed E-state index contributed by atoms with van der Waals surface area (Å²) in [6.07, 6.45) is 0. The first-order valence-corrected chi connectivity index (χ1v) is 12.4. The maximum absolute atomic E-state index is 13.8. The van der Waals surface area contributed by atoms with Crippen LogP contribution in [0.2, 0.25) is 5.02 Å². The summed E-state index contributed by atoms with van der Waals surface area (Å²) >= 11 is 7.56. The zero-order valence-corrected chi connectivity index (χ0v) is 19.7. The number of thiophene rings is 1. The maximum atomic E-state index is 13.8. The van der Waals surface area contributed by atoms with Crippen molar-refractivity contribution in [3.63, 3.8) is 0 Å². The Hall–Kier alpha value is -3.00. The second kappa shape index (κ2) is 8.09. The molecular weight excluding hydrogens is 454 g/mol. The molecule has 33 heavy (non-hydrogen) atoms. The molecule has 6 nitrogen and oxygen atoms in total. The Morgan fingerprint density at radius 1 is 1.00 bits per heavy atom. The van der Waals surface area contributed by atoms with E-state index in [4.69, 9.17) is 21.7 Å². The monoisotopic (exact) mass is 475 g/mol. The third-order valence-corrected chi connectivity index (χ3v) is 7.59. The summed E-state index contributed by atoms with van der Waals surface area (Å²) in [4.78, 5) is 24.2. The van der Waals surface area contributed by atoms with Crippen molar-refractivity contribution in [3.05, 3.63) is 69.3 Å². The summed E-state index contributed by atoms with van der Waals surface area (Å²) in [6.45, 7) is 6.98. The van der Waals surface area contributed by atoms with Crippen molar-refractivity contribution in [1.82, 2.24) is 19.5 Å². The van der Waals surface area contributed by atoms with Crippen LogP contribution in [-0.2, 0) is 0 Å². The van der Waals surface area contributed by atoms with Gasteiger partial charge in [0.1, 0.15) is 4.83 Å². The molecular formula is C25H22ClN5OS. The molecule has 2 aromatic carbocycles. The summed E-state index contributed by atoms with van der Waals surface area (Å²) in [7, 11) is 0. The summed E-state index contributed by atoms with van der Waals surface area (Å²) < 4.78 is 1.50. The molecule has 0 aliphatic carbocycles. The van der Waals surface area contributed by atoms with E-state index in [0.717, 1.165) is 65.3 Å². The average Bonchev–Trinajstić information content (AvgIpc) is 3.29. The number of anilines is 1. The van der Waals surface area contributed by atoms with Crippen LogP contribution in [-0.4, -0.2) is 52.2 Å². The first-order valence-electron chi connectivity index (χ1n) is 11.1. The highest BCUT2D eigenvalue weighted by atomic mass is 35.5. The number of hydrogen-bond donors (Lipinski definition) is 0. The van der Waals surface area contributed by atoms with Crippen molar-refractivity contribution in [2.24, 2.45) is 0 Å². The van der Waals surface area contributed by atoms with Gasteiger partial charge in [0.05, 0.1) is 5.39 Å². The minimum atomic E-state index is -0.139. The number of fused-ring (bicyclic) bond motifs is 4. The topological polar surface area (TPSA) is 53.7 Å². The molecule has 1 aliphatic rings. The van der Waals surface area contributed by atoms with E-state index in [1.807, 2.05) is 47.8 Å². The third-order valence-electron chi connectivity index (χ3n) is 6.46. The number of halogens is 1. The molecule has 6 rings (SSSR count). The molecule has 166 valence electrons. The van der Waals surface area contributed by atoms with Gasteiger partial charge in [0, 0.05) is 52.9 Å². The van der Waals surface area contributed by atoms with E-state index in [9.17, 15) is 4.79 Å². The Morgan fingerprint density at radius 2 is 1.73 bits per heavy atom. The van der Waals surface area contributed by atoms with Gasteiger partial charge in [-0.1, -0.05) is 54.9 Å². The quantitative estimate of drug-likeness (QED) is 0.347. The predicted molar refractivity (Wildman–Crippen MR) is 137 cm³/mol. The van der Waals surface area contributed by atoms with E-state index in [1.54, 1.807) is 0 Å². The lowest BCUT2D eigenvalue weighted by atomic mass is 10.1. The molecule has 1 aliphatic heterocycles. The van der Waals surface area contributed by atoms with Crippen LogP contribution in [0.5, 0.6) is 0 Å². The molecule has 0 unspecified atom stereocenters. The Labute approximate surface area is 199 Å². The van der Waals surface area contributed by atoms with Crippen molar-refractivity contribution in [2.45, 2.75) is 6.92 Å². The Balaban J connectivity index is 1.60. The Morgan fingerprint density at radius 3 is 2.45 bits per heavy atom. The Kier molecular flexibility index (Phi) is 5.05. The van der Waals surface area contributed by atoms with Gasteiger partial charge in [-0.25, -0.2) is 4.98 Å². The van der Waals surface area contributed by atoms with Crippen LogP contribution in [0.25, 0.3) is 37.8 Å². The van der Waals surface area contributed by atoms with Crippen LogP contribution >= 0.6 is 22.9 Å². The highest BCUT2D eigenvalue weighted by Gasteiger charge is 2.22. The number of rotatable bonds is 3. The first kappa shape index (κ1) is 20.6. The molecule has 1 fully saturated rings. The van der Waals surface area contributed by atoms with Gasteiger partial charge in [0.15, 0.2) is 11.5 Å². The van der Waals surface area contributed by atoms with Crippen LogP contribution in [0.15, 0.2) is 58.7 Å². The third kappa shape index (κ3) is 3.39. The predicted octanol–water partition coefficient (Wildman–Crippen LogP) is 4.92. The second-order valence-corrected chi connectivity index (χ2v) is 9.57. The van der Waals surface area contributed by atoms with Crippen LogP contribution in [0.3, 0.4) is 0 Å². The molecule has 3 aromatic heterocycles. The van der Waals surface area contributed by atoms with Gasteiger partial charge in [0.2, 0.25) is 0 Å². The van der Waals surface area contributed by atoms with Gasteiger partial charge in [-0.2, -0.15) is 4.52 Å². The Bertz CT molecular complexity index is 1550. The fourth-order valence-electron chi connectivity index (χ4n) is 4.62. The van der Waals surface area contributed by atoms with E-state index in [0.29, 0.717) is 16.1 Å². The summed E-state index contributed by atoms with van der Waals surface area (Å²) in [6, 6.07) is 15.7. The minimum absolute atomic E-state index is 0.139. The normalized spacial score (nSPS) is 15.2. The lowest BCUT2D eigenvalue weighted by molar-refractivity contribution is 0.270. The summed E-state index contributed by atoms with van der Waals surface area (Å²) in [5.41, 5.74) is 2.27. The molecule has 0 bridgehead atoms. The van der Waals surface area contributed by atoms with Crippen molar-refractivity contribution in [3.8, 4) is 11.1 Å². The second-order valence-electron chi connectivity index (χ2n) is 8.28. The van der Waals surface area contributed by atoms with Crippen LogP contribution in [0, 0.1) is 0 Å². The molecule has 0 N–H and O–H groups in total. The molecule has 1 saturated heterocycles. The molecule has 0 atom stereocenters. The molecule has 0 saturated carbocycles. The number of aromatic nitrogens is 3. The van der Waals surface area contributed by atoms with Gasteiger partial charge in [-0.3, -0.25) is 4.79 Å². The van der Waals surface area contributed by atoms with E-state index < -0.39 is 0 Å². The number of likely N-dealkylation sites (N-methyl/N-ethyl adjacent to an activating group) is 1. The van der Waals surface area contributed by atoms with Gasteiger partial charge in [-0.05, 0) is 24.2 Å². The van der Waals surface area contributed by atoms with E-state index >= 15 is 0 Å². The van der Waals surface area contributed by atoms with E-state index in [1.165, 1.54) is 15.9 Å². The van der Waals surface area contributed by atoms with E-state index in [2.05, 4.69) is 22.8 Å². The van der Waals surface area contributed by atoms with Gasteiger partial charge in [-0.15, -0.1) is 16.4 Å². The van der Waals surface area contributed by atoms with Crippen LogP contribution in [0.1, 0.15) is 6.92 Å². The van der Waals surface area contributed by atoms with Crippen molar-refractivity contribution < 1.29 is 0 Å². The van der Waals surface area contributed by atoms with Crippen LogP contribution in [0.4, 0.5) is 5.82 Å². The molecule has 5 aromatic rings. The molecule has 0 radical (unpaired) electrons. The van der Waals surface area contributed by atoms with Gasteiger partial charge in [0.25, 0.3) is 5.56 Å². The zero-order valence-electron chi connectivity index (χ0n) is 18.2. The molecule has 0 amide bonds. The van der Waals surface area contributed by atoms with Gasteiger partial charge >= 0.3 is 0 Å². The number of nitrogens with zero attached hydrogens (tertiary/aromatic N) is 5. The van der Waals surface area contributed by atoms with Crippen molar-refractivity contribution in [1.29, 1.82) is 0 Å². The number of hydrogen-bond acceptors (Lipinski definition) is 6. The molecule has 8 heteroatoms. The van der Waals surface area contributed by atoms with Crippen molar-refractivity contribution in [2.75, 3.05) is 37.6 Å². The largest absolute Gasteiger partial charge is 0.352 e. The van der Waals surface area contributed by atoms with E-state index in [-0.39, 0.29) is 5.56 Å². The maximum Gasteiger partial charge on any atom is 0.283 e. The highest BCUT2D eigenvalue weighted by molar-refractivity contribution is 7.17. The molecule has 4 heterocycles. The minimum Gasteiger partial charge on any atom is -0.352 e. The van der Waals surface area contributed by atoms with Crippen molar-refractivity contribution >= 4 is 55.4 Å². The fourth-order valence-corrected chi connectivity index (χ4v) is 5.69. The lowest BCUT2D eigenvalue weighted by Crippen LogP contribution is -2.46. The standard InChI is InChI=1S/C25H22ClN5OS/c1-2-29-11-13-30(14-12-29)23-19-6-4-3-5-18(19)22-27-24-21(25(32)31(22)28-23)20(15-33-24)16-7-9-17(26)10-8-16/h3-10,15H,2,11-14H2,1H3. The average molecular weight is 476 g/mol. The van der Waals surface area contributed by atoms with Crippen LogP contribution < -0.4 is 10.5 Å². The number of piperazine rings is 1. The zero-order chi connectivity index (χ0) is 22.5. The fraction of sp³-hybridized carbons (Fsp3) is 0.240. The number of benzene rings is 2. The smallest absolute Gasteiger partial charge is 0.283 e. The molecule has 0 spiro atoms. The summed E-state index contributed by atoms with van der Waals surface area (Å²) in [5.74, 6) is 0.848. The van der Waals surface area contributed by atoms with Gasteiger partial charge < -0.3 is 9.80 Å². The first-order chi connectivity index (χ1) is 16.1. The SMILES string of the molecule is CCN1CCN(c2nn3c(=O)c4c(-c5ccc(Cl)cc5)csc4nc3c3ccccc23)CC1. The highest BCUT2D eigenvalue weighted by Crippen LogP contribution is 2.33. The summed E-state index contributed by atoms with van der Waals surface area (Å²) in [5, 5.41) is 10.1.